The summed E-state index contributed by atoms with van der Waals surface area (Å²) in [5, 5.41) is 9.41. The van der Waals surface area contributed by atoms with Crippen LogP contribution in [0.25, 0.3) is 0 Å². The number of hydrogen-bond acceptors (Lipinski definition) is 5. The summed E-state index contributed by atoms with van der Waals surface area (Å²) >= 11 is 0. The Hall–Kier alpha value is -2.37. The maximum Gasteiger partial charge on any atom is 0.333 e. The lowest BCUT2D eigenvalue weighted by atomic mass is 10.0. The molecule has 1 aliphatic rings. The molecule has 1 unspecified atom stereocenters. The van der Waals surface area contributed by atoms with E-state index in [0.29, 0.717) is 24.5 Å². The quantitative estimate of drug-likeness (QED) is 0.643. The van der Waals surface area contributed by atoms with Crippen molar-refractivity contribution in [2.45, 2.75) is 32.7 Å². The van der Waals surface area contributed by atoms with Crippen LogP contribution in [-0.4, -0.2) is 36.0 Å². The van der Waals surface area contributed by atoms with Crippen molar-refractivity contribution in [1.82, 2.24) is 0 Å². The number of esters is 1. The number of carboxylic acids is 1. The van der Waals surface area contributed by atoms with Crippen molar-refractivity contribution in [3.05, 3.63) is 29.3 Å². The van der Waals surface area contributed by atoms with E-state index in [0.717, 1.165) is 17.7 Å². The lowest BCUT2D eigenvalue weighted by Gasteiger charge is -2.11. The van der Waals surface area contributed by atoms with Crippen molar-refractivity contribution in [2.75, 3.05) is 13.2 Å². The van der Waals surface area contributed by atoms with E-state index in [-0.39, 0.29) is 6.42 Å². The van der Waals surface area contributed by atoms with Crippen molar-refractivity contribution in [3.63, 3.8) is 0 Å². The molecular weight excluding hydrogens is 286 g/mol. The van der Waals surface area contributed by atoms with Crippen LogP contribution >= 0.6 is 0 Å². The number of ether oxygens (including phenoxy) is 2. The lowest BCUT2D eigenvalue weighted by molar-refractivity contribution is -0.142. The number of carboxylic acid groups (broad SMARTS) is 1. The van der Waals surface area contributed by atoms with E-state index in [1.165, 1.54) is 0 Å². The van der Waals surface area contributed by atoms with Crippen molar-refractivity contribution >= 4 is 17.7 Å². The highest BCUT2D eigenvalue weighted by Gasteiger charge is 2.22. The van der Waals surface area contributed by atoms with Crippen LogP contribution < -0.4 is 4.74 Å². The fourth-order valence-corrected chi connectivity index (χ4v) is 2.34. The molecule has 1 aliphatic heterocycles. The normalized spacial score (nSPS) is 14.9. The Balaban J connectivity index is 2.19. The van der Waals surface area contributed by atoms with Crippen molar-refractivity contribution < 1.29 is 24.2 Å². The average molecular weight is 305 g/mol. The summed E-state index contributed by atoms with van der Waals surface area (Å²) in [4.78, 5) is 27.1. The van der Waals surface area contributed by atoms with Crippen LogP contribution in [0.3, 0.4) is 0 Å². The first-order valence-electron chi connectivity index (χ1n) is 7.18. The largest absolute Gasteiger partial charge is 0.493 e. The molecule has 1 aromatic carbocycles. The van der Waals surface area contributed by atoms with E-state index in [1.54, 1.807) is 26.0 Å². The minimum absolute atomic E-state index is 0.00826. The van der Waals surface area contributed by atoms with Gasteiger partial charge in [-0.2, -0.15) is 0 Å². The molecule has 0 fully saturated rings. The highest BCUT2D eigenvalue weighted by molar-refractivity contribution is 5.98. The van der Waals surface area contributed by atoms with Gasteiger partial charge in [0.15, 0.2) is 6.04 Å². The number of nitrogens with zero attached hydrogens (tertiary/aromatic N) is 1. The molecule has 1 aromatic rings. The minimum atomic E-state index is -1.05. The molecule has 0 saturated heterocycles. The van der Waals surface area contributed by atoms with E-state index in [2.05, 4.69) is 4.99 Å². The molecule has 22 heavy (non-hydrogen) atoms. The molecular formula is C16H19NO5. The van der Waals surface area contributed by atoms with Crippen LogP contribution in [0.2, 0.25) is 0 Å². The van der Waals surface area contributed by atoms with Crippen LogP contribution in [0.15, 0.2) is 23.2 Å². The number of carbonyl (C=O) groups excluding carboxylic acids is 1. The highest BCUT2D eigenvalue weighted by atomic mass is 16.5. The first-order valence-corrected chi connectivity index (χ1v) is 7.18. The molecule has 2 rings (SSSR count). The molecule has 1 atom stereocenters. The number of benzene rings is 1. The fraction of sp³-hybridized carbons (Fsp3) is 0.438. The van der Waals surface area contributed by atoms with Gasteiger partial charge in [-0.1, -0.05) is 6.07 Å². The van der Waals surface area contributed by atoms with Gasteiger partial charge in [0.05, 0.1) is 19.6 Å². The Kier molecular flexibility index (Phi) is 5.14. The highest BCUT2D eigenvalue weighted by Crippen LogP contribution is 2.29. The van der Waals surface area contributed by atoms with E-state index < -0.39 is 18.0 Å². The number of hydrogen-bond donors (Lipinski definition) is 1. The van der Waals surface area contributed by atoms with Crippen LogP contribution in [0.4, 0.5) is 0 Å². The van der Waals surface area contributed by atoms with E-state index in [4.69, 9.17) is 9.47 Å². The van der Waals surface area contributed by atoms with Gasteiger partial charge in [0.2, 0.25) is 0 Å². The Morgan fingerprint density at radius 1 is 1.45 bits per heavy atom. The van der Waals surface area contributed by atoms with Gasteiger partial charge in [-0.15, -0.1) is 0 Å². The zero-order valence-corrected chi connectivity index (χ0v) is 12.7. The summed E-state index contributed by atoms with van der Waals surface area (Å²) in [7, 11) is 0. The van der Waals surface area contributed by atoms with Gasteiger partial charge in [-0.25, -0.2) is 4.79 Å². The van der Waals surface area contributed by atoms with Crippen molar-refractivity contribution in [1.29, 1.82) is 0 Å². The number of rotatable bonds is 6. The molecule has 0 bridgehead atoms. The zero-order valence-electron chi connectivity index (χ0n) is 12.7. The Bertz CT molecular complexity index is 609. The predicted octanol–water partition coefficient (Wildman–Crippen LogP) is 2.16. The first-order chi connectivity index (χ1) is 10.5. The zero-order chi connectivity index (χ0) is 16.1. The Morgan fingerprint density at radius 3 is 2.91 bits per heavy atom. The van der Waals surface area contributed by atoms with Gasteiger partial charge in [0.1, 0.15) is 5.75 Å². The smallest absolute Gasteiger partial charge is 0.333 e. The number of aliphatic imine (C=N–C) groups is 1. The second-order valence-electron chi connectivity index (χ2n) is 5.05. The summed E-state index contributed by atoms with van der Waals surface area (Å²) in [5.74, 6) is -0.669. The first kappa shape index (κ1) is 16.0. The number of carbonyl (C=O) groups is 2. The third-order valence-corrected chi connectivity index (χ3v) is 3.32. The second-order valence-corrected chi connectivity index (χ2v) is 5.05. The standard InChI is InChI=1S/C16H19NO5/c1-3-21-14(18)8-10(2)17-15(16(19)20)12-4-5-13-11(9-12)6-7-22-13/h4-5,9,15H,3,6-8H2,1-2H3,(H,19,20). The van der Waals surface area contributed by atoms with Crippen molar-refractivity contribution in [2.24, 2.45) is 4.99 Å². The molecule has 0 saturated carbocycles. The third kappa shape index (κ3) is 3.84. The molecule has 1 N–H and O–H groups in total. The van der Waals surface area contributed by atoms with Crippen LogP contribution in [0.1, 0.15) is 37.4 Å². The third-order valence-electron chi connectivity index (χ3n) is 3.32. The topological polar surface area (TPSA) is 85.2 Å². The van der Waals surface area contributed by atoms with Gasteiger partial charge in [0.25, 0.3) is 0 Å². The van der Waals surface area contributed by atoms with Crippen molar-refractivity contribution in [3.8, 4) is 5.75 Å². The fourth-order valence-electron chi connectivity index (χ4n) is 2.34. The summed E-state index contributed by atoms with van der Waals surface area (Å²) < 4.78 is 10.2. The predicted molar refractivity (Wildman–Crippen MR) is 80.4 cm³/mol. The lowest BCUT2D eigenvalue weighted by Crippen LogP contribution is -2.14. The maximum atomic E-state index is 11.5. The molecule has 6 nitrogen and oxygen atoms in total. The summed E-state index contributed by atoms with van der Waals surface area (Å²) in [6.07, 6.45) is 0.757. The Morgan fingerprint density at radius 2 is 2.23 bits per heavy atom. The monoisotopic (exact) mass is 305 g/mol. The van der Waals surface area contributed by atoms with E-state index in [9.17, 15) is 14.7 Å². The second kappa shape index (κ2) is 7.06. The van der Waals surface area contributed by atoms with Gasteiger partial charge < -0.3 is 14.6 Å². The van der Waals surface area contributed by atoms with Crippen LogP contribution in [-0.2, 0) is 20.7 Å². The summed E-state index contributed by atoms with van der Waals surface area (Å²) in [6, 6.07) is 4.25. The Labute approximate surface area is 128 Å². The minimum Gasteiger partial charge on any atom is -0.493 e. The average Bonchev–Trinajstić information content (AvgIpc) is 2.91. The van der Waals surface area contributed by atoms with Gasteiger partial charge in [-0.3, -0.25) is 9.79 Å². The molecule has 1 heterocycles. The van der Waals surface area contributed by atoms with E-state index in [1.807, 2.05) is 6.07 Å². The summed E-state index contributed by atoms with van der Waals surface area (Å²) in [6.45, 7) is 4.25. The molecule has 0 aliphatic carbocycles. The van der Waals surface area contributed by atoms with Crippen LogP contribution in [0, 0.1) is 0 Å². The number of aliphatic carboxylic acids is 1. The molecule has 6 heteroatoms. The number of fused-ring (bicyclic) bond motifs is 1. The maximum absolute atomic E-state index is 11.5. The molecule has 0 aromatic heterocycles. The van der Waals surface area contributed by atoms with Crippen LogP contribution in [0.5, 0.6) is 5.75 Å². The van der Waals surface area contributed by atoms with E-state index >= 15 is 0 Å². The van der Waals surface area contributed by atoms with Gasteiger partial charge >= 0.3 is 11.9 Å². The molecule has 0 spiro atoms. The summed E-state index contributed by atoms with van der Waals surface area (Å²) in [5.41, 5.74) is 2.00. The van der Waals surface area contributed by atoms with Gasteiger partial charge in [-0.05, 0) is 37.1 Å². The molecule has 0 radical (unpaired) electrons. The molecule has 0 amide bonds. The SMILES string of the molecule is CCOC(=O)CC(C)=NC(C(=O)O)c1ccc2c(c1)CCO2. The molecule has 118 valence electrons. The van der Waals surface area contributed by atoms with Gasteiger partial charge in [0, 0.05) is 12.1 Å².